The van der Waals surface area contributed by atoms with E-state index in [0.29, 0.717) is 11.0 Å². The summed E-state index contributed by atoms with van der Waals surface area (Å²) in [7, 11) is 0. The number of nitrogens with one attached hydrogen (secondary N) is 2. The van der Waals surface area contributed by atoms with Crippen molar-refractivity contribution in [2.24, 2.45) is 0 Å². The Hall–Kier alpha value is -2.48. The molecule has 4 rings (SSSR count). The van der Waals surface area contributed by atoms with E-state index in [-0.39, 0.29) is 6.10 Å². The van der Waals surface area contributed by atoms with E-state index in [4.69, 9.17) is 22.0 Å². The van der Waals surface area contributed by atoms with Gasteiger partial charge in [0.15, 0.2) is 0 Å². The van der Waals surface area contributed by atoms with Gasteiger partial charge in [0.25, 0.3) is 0 Å². The average molecular weight is 508 g/mol. The molecule has 1 aromatic carbocycles. The molecule has 0 amide bonds. The maximum atomic E-state index is 6.15. The quantitative estimate of drug-likeness (QED) is 0.162. The van der Waals surface area contributed by atoms with Gasteiger partial charge in [-0.15, -0.1) is 0 Å². The van der Waals surface area contributed by atoms with Gasteiger partial charge in [0.1, 0.15) is 5.82 Å². The van der Waals surface area contributed by atoms with Crippen LogP contribution in [-0.2, 0) is 4.84 Å². The monoisotopic (exact) mass is 507 g/mol. The molecule has 1 saturated heterocycles. The zero-order valence-electron chi connectivity index (χ0n) is 22.0. The Bertz CT molecular complexity index is 1090. The van der Waals surface area contributed by atoms with Crippen molar-refractivity contribution in [2.75, 3.05) is 30.0 Å². The van der Waals surface area contributed by atoms with Crippen molar-refractivity contribution in [3.05, 3.63) is 54.2 Å². The molecular weight excluding hydrogens is 466 g/mol. The first-order chi connectivity index (χ1) is 17.6. The van der Waals surface area contributed by atoms with Crippen LogP contribution in [-0.4, -0.2) is 45.7 Å². The molecule has 0 radical (unpaired) electrons. The summed E-state index contributed by atoms with van der Waals surface area (Å²) in [6.07, 6.45) is 10.8. The molecule has 194 valence electrons. The highest BCUT2D eigenvalue weighted by Gasteiger charge is 2.24. The molecule has 2 aromatic heterocycles. The number of unbranched alkanes of at least 4 members (excludes halogenated alkanes) is 3. The van der Waals surface area contributed by atoms with Crippen molar-refractivity contribution < 1.29 is 4.84 Å². The first-order valence-electron chi connectivity index (χ1n) is 13.6. The van der Waals surface area contributed by atoms with Gasteiger partial charge < -0.3 is 15.2 Å². The third-order valence-corrected chi connectivity index (χ3v) is 7.45. The molecule has 1 unspecified atom stereocenters. The van der Waals surface area contributed by atoms with E-state index in [0.717, 1.165) is 29.0 Å². The van der Waals surface area contributed by atoms with Crippen LogP contribution in [0.1, 0.15) is 77.2 Å². The van der Waals surface area contributed by atoms with Gasteiger partial charge in [0.2, 0.25) is 5.11 Å². The molecular formula is C29H41N5OS. The van der Waals surface area contributed by atoms with Crippen molar-refractivity contribution in [1.29, 1.82) is 0 Å². The number of hydroxylamine groups is 1. The number of H-pyrrole nitrogens is 1. The number of thiocarbonyl (C=S) groups is 1. The zero-order chi connectivity index (χ0) is 25.3. The fourth-order valence-electron chi connectivity index (χ4n) is 4.83. The normalized spacial score (nSPS) is 15.8. The van der Waals surface area contributed by atoms with Crippen LogP contribution >= 0.6 is 12.2 Å². The second kappa shape index (κ2) is 13.2. The number of likely N-dealkylation sites (tertiary alicyclic amines) is 1. The van der Waals surface area contributed by atoms with Crippen LogP contribution in [0, 0.1) is 0 Å². The zero-order valence-corrected chi connectivity index (χ0v) is 22.8. The van der Waals surface area contributed by atoms with Gasteiger partial charge in [-0.25, -0.2) is 4.98 Å². The third-order valence-electron chi connectivity index (χ3n) is 7.18. The number of fused-ring (bicyclic) bond motifs is 1. The van der Waals surface area contributed by atoms with E-state index in [1.54, 1.807) is 5.06 Å². The Kier molecular flexibility index (Phi) is 9.73. The molecule has 7 heteroatoms. The molecule has 2 N–H and O–H groups in total. The highest BCUT2D eigenvalue weighted by molar-refractivity contribution is 7.80. The smallest absolute Gasteiger partial charge is 0.203 e. The highest BCUT2D eigenvalue weighted by atomic mass is 32.1. The van der Waals surface area contributed by atoms with Crippen LogP contribution in [0.15, 0.2) is 48.7 Å². The number of hydrogen-bond donors (Lipinski definition) is 2. The molecule has 0 saturated carbocycles. The number of nitrogens with zero attached hydrogens (tertiary/aromatic N) is 3. The fourth-order valence-corrected chi connectivity index (χ4v) is 5.09. The molecule has 3 heterocycles. The maximum absolute atomic E-state index is 6.15. The summed E-state index contributed by atoms with van der Waals surface area (Å²) in [5.74, 6) is 1.27. The fraction of sp³-hybridized carbons (Fsp3) is 0.517. The summed E-state index contributed by atoms with van der Waals surface area (Å²) in [6.45, 7) is 10.0. The molecule has 0 spiro atoms. The van der Waals surface area contributed by atoms with Gasteiger partial charge in [0.05, 0.1) is 22.8 Å². The van der Waals surface area contributed by atoms with Crippen LogP contribution in [0.5, 0.6) is 0 Å². The number of pyridine rings is 1. The molecule has 36 heavy (non-hydrogen) atoms. The Morgan fingerprint density at radius 2 is 1.92 bits per heavy atom. The SMILES string of the molecule is CCCCCCN1CCC(c2c[nH]c3ccc(NC(=S)N(OC(C)CC)c4ccccc4)nc23)CC1. The lowest BCUT2D eigenvalue weighted by Gasteiger charge is -2.31. The average Bonchev–Trinajstić information content (AvgIpc) is 3.33. The molecule has 1 fully saturated rings. The first kappa shape index (κ1) is 26.6. The lowest BCUT2D eigenvalue weighted by Crippen LogP contribution is -2.37. The predicted octanol–water partition coefficient (Wildman–Crippen LogP) is 7.26. The van der Waals surface area contributed by atoms with Crippen molar-refractivity contribution in [1.82, 2.24) is 14.9 Å². The molecule has 0 bridgehead atoms. The first-order valence-corrected chi connectivity index (χ1v) is 14.0. The standard InChI is InChI=1S/C29H41N5OS/c1-4-6-7-11-18-33-19-16-23(17-20-33)25-21-30-26-14-15-27(31-28(25)26)32-29(36)34(35-22(3)5-2)24-12-9-8-10-13-24/h8-10,12-15,21-23,30H,4-7,11,16-20H2,1-3H3,(H,31,32,36). The van der Waals surface area contributed by atoms with Gasteiger partial charge >= 0.3 is 0 Å². The van der Waals surface area contributed by atoms with Crippen molar-refractivity contribution in [3.8, 4) is 0 Å². The topological polar surface area (TPSA) is 56.4 Å². The predicted molar refractivity (Wildman–Crippen MR) is 155 cm³/mol. The van der Waals surface area contributed by atoms with Gasteiger partial charge in [0, 0.05) is 6.20 Å². The summed E-state index contributed by atoms with van der Waals surface area (Å²) < 4.78 is 0. The third kappa shape index (κ3) is 6.84. The summed E-state index contributed by atoms with van der Waals surface area (Å²) in [4.78, 5) is 17.2. The minimum atomic E-state index is 0.0363. The number of benzene rings is 1. The summed E-state index contributed by atoms with van der Waals surface area (Å²) >= 11 is 5.77. The second-order valence-electron chi connectivity index (χ2n) is 9.90. The van der Waals surface area contributed by atoms with Crippen LogP contribution in [0.2, 0.25) is 0 Å². The lowest BCUT2D eigenvalue weighted by atomic mass is 9.90. The van der Waals surface area contributed by atoms with Crippen LogP contribution in [0.25, 0.3) is 11.0 Å². The van der Waals surface area contributed by atoms with E-state index in [1.165, 1.54) is 63.7 Å². The minimum Gasteiger partial charge on any atom is -0.360 e. The Labute approximate surface area is 221 Å². The molecule has 6 nitrogen and oxygen atoms in total. The Morgan fingerprint density at radius 1 is 1.14 bits per heavy atom. The highest BCUT2D eigenvalue weighted by Crippen LogP contribution is 2.33. The van der Waals surface area contributed by atoms with E-state index in [1.807, 2.05) is 43.3 Å². The molecule has 3 aromatic rings. The largest absolute Gasteiger partial charge is 0.360 e. The van der Waals surface area contributed by atoms with Gasteiger partial charge in [-0.3, -0.25) is 4.84 Å². The van der Waals surface area contributed by atoms with Crippen molar-refractivity contribution >= 4 is 39.9 Å². The number of aromatic nitrogens is 2. The number of hydrogen-bond acceptors (Lipinski definition) is 4. The van der Waals surface area contributed by atoms with Crippen molar-refractivity contribution in [2.45, 2.75) is 77.7 Å². The number of para-hydroxylation sites is 1. The van der Waals surface area contributed by atoms with Gasteiger partial charge in [-0.1, -0.05) is 51.3 Å². The minimum absolute atomic E-state index is 0.0363. The molecule has 1 aliphatic heterocycles. The maximum Gasteiger partial charge on any atom is 0.203 e. The molecule has 1 atom stereocenters. The Morgan fingerprint density at radius 3 is 2.64 bits per heavy atom. The van der Waals surface area contributed by atoms with E-state index in [9.17, 15) is 0 Å². The number of rotatable bonds is 11. The number of aromatic amines is 1. The van der Waals surface area contributed by atoms with Gasteiger partial charge in [-0.2, -0.15) is 5.06 Å². The Balaban J connectivity index is 1.44. The lowest BCUT2D eigenvalue weighted by molar-refractivity contribution is 0.0709. The number of anilines is 2. The van der Waals surface area contributed by atoms with E-state index in [2.05, 4.69) is 41.3 Å². The van der Waals surface area contributed by atoms with Crippen LogP contribution < -0.4 is 10.4 Å². The van der Waals surface area contributed by atoms with E-state index >= 15 is 0 Å². The van der Waals surface area contributed by atoms with Crippen LogP contribution in [0.3, 0.4) is 0 Å². The van der Waals surface area contributed by atoms with Gasteiger partial charge in [-0.05, 0) is 100 Å². The number of piperidine rings is 1. The molecule has 1 aliphatic rings. The summed E-state index contributed by atoms with van der Waals surface area (Å²) in [5.41, 5.74) is 4.32. The summed E-state index contributed by atoms with van der Waals surface area (Å²) in [6, 6.07) is 14.0. The summed E-state index contributed by atoms with van der Waals surface area (Å²) in [5, 5.41) is 5.49. The van der Waals surface area contributed by atoms with Crippen LogP contribution in [0.4, 0.5) is 11.5 Å². The second-order valence-corrected chi connectivity index (χ2v) is 10.3. The van der Waals surface area contributed by atoms with E-state index < -0.39 is 0 Å². The van der Waals surface area contributed by atoms with Crippen molar-refractivity contribution in [3.63, 3.8) is 0 Å². The molecule has 0 aliphatic carbocycles.